The van der Waals surface area contributed by atoms with Crippen molar-refractivity contribution >= 4 is 17.2 Å². The molecule has 0 aromatic carbocycles. The van der Waals surface area contributed by atoms with Gasteiger partial charge in [-0.25, -0.2) is 9.97 Å². The van der Waals surface area contributed by atoms with Gasteiger partial charge in [0.15, 0.2) is 11.5 Å². The van der Waals surface area contributed by atoms with Gasteiger partial charge in [-0.1, -0.05) is 6.07 Å². The second kappa shape index (κ2) is 7.18. The summed E-state index contributed by atoms with van der Waals surface area (Å²) in [5.74, 6) is 0.293. The zero-order chi connectivity index (χ0) is 17.9. The second-order valence-electron chi connectivity index (χ2n) is 5.26. The van der Waals surface area contributed by atoms with E-state index in [1.165, 1.54) is 12.4 Å². The second-order valence-corrected chi connectivity index (χ2v) is 6.29. The molecule has 0 aliphatic rings. The molecule has 0 radical (unpaired) electrons. The van der Waals surface area contributed by atoms with E-state index in [2.05, 4.69) is 15.0 Å². The molecule has 3 rings (SSSR count). The summed E-state index contributed by atoms with van der Waals surface area (Å²) in [5, 5.41) is 1.94. The fourth-order valence-electron chi connectivity index (χ4n) is 2.32. The maximum absolute atomic E-state index is 13.3. The van der Waals surface area contributed by atoms with Crippen LogP contribution in [0.15, 0.2) is 48.1 Å². The van der Waals surface area contributed by atoms with E-state index in [1.807, 2.05) is 24.4 Å². The Labute approximate surface area is 147 Å². The van der Waals surface area contributed by atoms with Gasteiger partial charge in [0.2, 0.25) is 0 Å². The number of aromatic nitrogens is 3. The molecule has 0 bridgehead atoms. The third kappa shape index (κ3) is 4.14. The third-order valence-electron chi connectivity index (χ3n) is 3.57. The Morgan fingerprint density at radius 1 is 1.12 bits per heavy atom. The average molecular weight is 364 g/mol. The molecule has 0 spiro atoms. The summed E-state index contributed by atoms with van der Waals surface area (Å²) in [6.45, 7) is 2.91. The minimum atomic E-state index is -4.54. The fraction of sp³-hybridized carbons (Fsp3) is 0.235. The highest BCUT2D eigenvalue weighted by Crippen LogP contribution is 2.32. The molecule has 0 atom stereocenters. The topological polar surface area (TPSA) is 41.9 Å². The molecule has 0 aliphatic carbocycles. The van der Waals surface area contributed by atoms with Gasteiger partial charge >= 0.3 is 6.18 Å². The van der Waals surface area contributed by atoms with Crippen molar-refractivity contribution in [3.8, 4) is 11.4 Å². The number of halogens is 3. The van der Waals surface area contributed by atoms with Crippen LogP contribution in [-0.4, -0.2) is 21.5 Å². The highest BCUT2D eigenvalue weighted by atomic mass is 32.1. The lowest BCUT2D eigenvalue weighted by molar-refractivity contribution is -0.141. The molecule has 0 amide bonds. The van der Waals surface area contributed by atoms with Gasteiger partial charge in [0.25, 0.3) is 0 Å². The summed E-state index contributed by atoms with van der Waals surface area (Å²) in [6.07, 6.45) is -1.54. The number of hydrogen-bond donors (Lipinski definition) is 0. The molecule has 0 aliphatic heterocycles. The van der Waals surface area contributed by atoms with Crippen LogP contribution in [0.3, 0.4) is 0 Å². The zero-order valence-electron chi connectivity index (χ0n) is 13.4. The van der Waals surface area contributed by atoms with Crippen LogP contribution in [0.2, 0.25) is 0 Å². The first kappa shape index (κ1) is 17.3. The fourth-order valence-corrected chi connectivity index (χ4v) is 3.04. The number of anilines is 1. The predicted molar refractivity (Wildman–Crippen MR) is 91.3 cm³/mol. The van der Waals surface area contributed by atoms with Crippen LogP contribution in [0.5, 0.6) is 0 Å². The Morgan fingerprint density at radius 2 is 1.88 bits per heavy atom. The molecule has 8 heteroatoms. The third-order valence-corrected chi connectivity index (χ3v) is 4.44. The SMILES string of the molecule is CCN(Cc1cccs1)c1cc(C(F)(F)F)nc(-c2ccncc2)n1. The van der Waals surface area contributed by atoms with Crippen LogP contribution in [0.1, 0.15) is 17.5 Å². The monoisotopic (exact) mass is 364 g/mol. The highest BCUT2D eigenvalue weighted by molar-refractivity contribution is 7.09. The maximum Gasteiger partial charge on any atom is 0.433 e. The summed E-state index contributed by atoms with van der Waals surface area (Å²) < 4.78 is 39.9. The minimum Gasteiger partial charge on any atom is -0.352 e. The molecular weight excluding hydrogens is 349 g/mol. The summed E-state index contributed by atoms with van der Waals surface area (Å²) in [6, 6.07) is 8.05. The van der Waals surface area contributed by atoms with Gasteiger partial charge in [0.1, 0.15) is 5.82 Å². The van der Waals surface area contributed by atoms with Crippen LogP contribution in [0.4, 0.5) is 19.0 Å². The van der Waals surface area contributed by atoms with E-state index in [4.69, 9.17) is 0 Å². The smallest absolute Gasteiger partial charge is 0.352 e. The van der Waals surface area contributed by atoms with Gasteiger partial charge in [-0.15, -0.1) is 11.3 Å². The Balaban J connectivity index is 2.05. The van der Waals surface area contributed by atoms with Gasteiger partial charge < -0.3 is 4.90 Å². The molecule has 0 saturated heterocycles. The number of pyridine rings is 1. The Hall–Kier alpha value is -2.48. The van der Waals surface area contributed by atoms with E-state index in [1.54, 1.807) is 28.4 Å². The molecule has 0 saturated carbocycles. The molecule has 25 heavy (non-hydrogen) atoms. The summed E-state index contributed by atoms with van der Waals surface area (Å²) in [4.78, 5) is 14.8. The molecule has 3 aromatic rings. The van der Waals surface area contributed by atoms with Gasteiger partial charge in [0.05, 0.1) is 6.54 Å². The lowest BCUT2D eigenvalue weighted by atomic mass is 10.2. The molecule has 4 nitrogen and oxygen atoms in total. The van der Waals surface area contributed by atoms with Gasteiger partial charge in [-0.05, 0) is 30.5 Å². The highest BCUT2D eigenvalue weighted by Gasteiger charge is 2.34. The lowest BCUT2D eigenvalue weighted by Crippen LogP contribution is -2.24. The molecule has 130 valence electrons. The molecular formula is C17H15F3N4S. The normalized spacial score (nSPS) is 11.5. The Morgan fingerprint density at radius 3 is 2.48 bits per heavy atom. The molecule has 0 unspecified atom stereocenters. The van der Waals surface area contributed by atoms with Crippen LogP contribution in [0, 0.1) is 0 Å². The summed E-state index contributed by atoms with van der Waals surface area (Å²) in [5.41, 5.74) is -0.455. The molecule has 0 N–H and O–H groups in total. The lowest BCUT2D eigenvalue weighted by Gasteiger charge is -2.22. The van der Waals surface area contributed by atoms with Crippen molar-refractivity contribution in [2.45, 2.75) is 19.6 Å². The molecule has 3 aromatic heterocycles. The van der Waals surface area contributed by atoms with E-state index < -0.39 is 11.9 Å². The van der Waals surface area contributed by atoms with Crippen LogP contribution < -0.4 is 4.90 Å². The van der Waals surface area contributed by atoms with Gasteiger partial charge in [-0.2, -0.15) is 13.2 Å². The summed E-state index contributed by atoms with van der Waals surface area (Å²) in [7, 11) is 0. The number of alkyl halides is 3. The number of hydrogen-bond acceptors (Lipinski definition) is 5. The standard InChI is InChI=1S/C17H15F3N4S/c1-2-24(11-13-4-3-9-25-13)15-10-14(17(18,19)20)22-16(23-15)12-5-7-21-8-6-12/h3-10H,2,11H2,1H3. The van der Waals surface area contributed by atoms with Crippen molar-refractivity contribution in [2.24, 2.45) is 0 Å². The minimum absolute atomic E-state index is 0.0388. The Kier molecular flexibility index (Phi) is 4.98. The van der Waals surface area contributed by atoms with Crippen molar-refractivity contribution in [1.82, 2.24) is 15.0 Å². The first-order valence-electron chi connectivity index (χ1n) is 7.61. The average Bonchev–Trinajstić information content (AvgIpc) is 3.12. The van der Waals surface area contributed by atoms with Crippen molar-refractivity contribution < 1.29 is 13.2 Å². The van der Waals surface area contributed by atoms with E-state index in [9.17, 15) is 13.2 Å². The maximum atomic E-state index is 13.3. The molecule has 0 fully saturated rings. The largest absolute Gasteiger partial charge is 0.433 e. The number of thiophene rings is 1. The van der Waals surface area contributed by atoms with Crippen LogP contribution in [0.25, 0.3) is 11.4 Å². The number of rotatable bonds is 5. The first-order chi connectivity index (χ1) is 12.0. The van der Waals surface area contributed by atoms with Gasteiger partial charge in [-0.3, -0.25) is 4.98 Å². The predicted octanol–water partition coefficient (Wildman–Crippen LogP) is 4.65. The first-order valence-corrected chi connectivity index (χ1v) is 8.49. The van der Waals surface area contributed by atoms with Crippen molar-refractivity contribution in [1.29, 1.82) is 0 Å². The van der Waals surface area contributed by atoms with E-state index >= 15 is 0 Å². The Bertz CT molecular complexity index is 820. The van der Waals surface area contributed by atoms with Gasteiger partial charge in [0, 0.05) is 35.4 Å². The van der Waals surface area contributed by atoms with Crippen molar-refractivity contribution in [2.75, 3.05) is 11.4 Å². The van der Waals surface area contributed by atoms with E-state index in [0.717, 1.165) is 10.9 Å². The quantitative estimate of drug-likeness (QED) is 0.661. The molecule has 3 heterocycles. The summed E-state index contributed by atoms with van der Waals surface area (Å²) >= 11 is 1.56. The number of nitrogens with zero attached hydrogens (tertiary/aromatic N) is 4. The van der Waals surface area contributed by atoms with Crippen LogP contribution >= 0.6 is 11.3 Å². The van der Waals surface area contributed by atoms with Crippen molar-refractivity contribution in [3.63, 3.8) is 0 Å². The van der Waals surface area contributed by atoms with E-state index in [0.29, 0.717) is 18.7 Å². The zero-order valence-corrected chi connectivity index (χ0v) is 14.2. The van der Waals surface area contributed by atoms with Crippen molar-refractivity contribution in [3.05, 3.63) is 58.7 Å². The van der Waals surface area contributed by atoms with Crippen LogP contribution in [-0.2, 0) is 12.7 Å². The van der Waals surface area contributed by atoms with E-state index in [-0.39, 0.29) is 11.6 Å².